The maximum atomic E-state index is 13.5. The topological polar surface area (TPSA) is 90.4 Å². The van der Waals surface area contributed by atoms with Crippen LogP contribution in [-0.2, 0) is 9.53 Å². The molecule has 0 saturated carbocycles. The Kier molecular flexibility index (Phi) is 4.28. The Morgan fingerprint density at radius 2 is 2.04 bits per heavy atom. The predicted molar refractivity (Wildman–Crippen MR) is 78.6 cm³/mol. The molecular formula is C15H22F3N3O2. The van der Waals surface area contributed by atoms with E-state index in [9.17, 15) is 18.0 Å². The van der Waals surface area contributed by atoms with E-state index in [1.165, 1.54) is 19.9 Å². The molecule has 1 amide bonds. The van der Waals surface area contributed by atoms with Gasteiger partial charge in [0.15, 0.2) is 0 Å². The van der Waals surface area contributed by atoms with Gasteiger partial charge in [0.25, 0.3) is 5.91 Å². The van der Waals surface area contributed by atoms with Crippen molar-refractivity contribution in [3.05, 3.63) is 23.0 Å². The van der Waals surface area contributed by atoms with Crippen LogP contribution in [0.3, 0.4) is 0 Å². The third-order valence-corrected chi connectivity index (χ3v) is 4.25. The first-order valence-corrected chi connectivity index (χ1v) is 7.44. The lowest BCUT2D eigenvalue weighted by atomic mass is 9.74. The van der Waals surface area contributed by atoms with Gasteiger partial charge in [-0.2, -0.15) is 13.2 Å². The summed E-state index contributed by atoms with van der Waals surface area (Å²) in [6, 6.07) is 0. The first-order valence-electron chi connectivity index (χ1n) is 7.44. The van der Waals surface area contributed by atoms with Crippen molar-refractivity contribution < 1.29 is 22.7 Å². The van der Waals surface area contributed by atoms with Crippen LogP contribution in [0.15, 0.2) is 23.0 Å². The van der Waals surface area contributed by atoms with Crippen LogP contribution in [0.2, 0.25) is 0 Å². The minimum Gasteiger partial charge on any atom is -0.489 e. The molecule has 1 aliphatic carbocycles. The number of nitrogens with one attached hydrogen (secondary N) is 1. The summed E-state index contributed by atoms with van der Waals surface area (Å²) < 4.78 is 45.9. The molecule has 0 aromatic carbocycles. The third kappa shape index (κ3) is 3.37. The summed E-state index contributed by atoms with van der Waals surface area (Å²) in [6.07, 6.45) is -2.95. The van der Waals surface area contributed by atoms with E-state index in [0.717, 1.165) is 6.92 Å². The van der Waals surface area contributed by atoms with E-state index in [2.05, 4.69) is 5.32 Å². The van der Waals surface area contributed by atoms with Gasteiger partial charge in [-0.3, -0.25) is 16.3 Å². The lowest BCUT2D eigenvalue weighted by molar-refractivity contribution is -0.222. The Labute approximate surface area is 132 Å². The number of nitrogens with two attached hydrogens (primary N) is 2. The van der Waals surface area contributed by atoms with E-state index >= 15 is 0 Å². The minimum absolute atomic E-state index is 0.0267. The van der Waals surface area contributed by atoms with Crippen LogP contribution in [0.4, 0.5) is 13.2 Å². The zero-order chi connectivity index (χ0) is 17.6. The fourth-order valence-corrected chi connectivity index (χ4v) is 2.94. The lowest BCUT2D eigenvalue weighted by Crippen LogP contribution is -2.61. The van der Waals surface area contributed by atoms with Gasteiger partial charge in [0.2, 0.25) is 0 Å². The van der Waals surface area contributed by atoms with Crippen LogP contribution in [0.1, 0.15) is 40.0 Å². The predicted octanol–water partition coefficient (Wildman–Crippen LogP) is 2.05. The van der Waals surface area contributed by atoms with Gasteiger partial charge in [0, 0.05) is 0 Å². The molecule has 0 fully saturated rings. The highest BCUT2D eigenvalue weighted by atomic mass is 19.4. The average Bonchev–Trinajstić information content (AvgIpc) is 2.36. The average molecular weight is 333 g/mol. The lowest BCUT2D eigenvalue weighted by Gasteiger charge is -2.41. The number of allylic oxidation sites excluding steroid dienone is 3. The number of halogens is 3. The van der Waals surface area contributed by atoms with Crippen LogP contribution in [0, 0.1) is 5.41 Å². The van der Waals surface area contributed by atoms with E-state index in [-0.39, 0.29) is 17.8 Å². The molecule has 1 heterocycles. The second-order valence-corrected chi connectivity index (χ2v) is 6.63. The Hall–Kier alpha value is -1.54. The van der Waals surface area contributed by atoms with Crippen molar-refractivity contribution >= 4 is 5.91 Å². The number of carbonyl (C=O) groups excluding carboxylic acids is 1. The van der Waals surface area contributed by atoms with Crippen LogP contribution < -0.4 is 16.8 Å². The molecule has 1 aliphatic heterocycles. The largest absolute Gasteiger partial charge is 0.489 e. The van der Waals surface area contributed by atoms with Crippen LogP contribution in [0.5, 0.6) is 0 Å². The summed E-state index contributed by atoms with van der Waals surface area (Å²) in [7, 11) is 0. The first kappa shape index (κ1) is 17.8. The number of rotatable bonds is 2. The number of carbonyl (C=O) groups is 1. The summed E-state index contributed by atoms with van der Waals surface area (Å²) in [6.45, 7) is 4.08. The molecule has 8 heteroatoms. The molecule has 5 N–H and O–H groups in total. The van der Waals surface area contributed by atoms with Gasteiger partial charge in [-0.05, 0) is 51.7 Å². The third-order valence-electron chi connectivity index (χ3n) is 4.25. The van der Waals surface area contributed by atoms with Crippen molar-refractivity contribution in [2.75, 3.05) is 0 Å². The van der Waals surface area contributed by atoms with E-state index in [1.54, 1.807) is 0 Å². The standard InChI is InChI=1S/C15H22F3N3O2/c1-8-10(12(22)21-14(3,19)20)7-9-5-4-6-13(2,11(9)23-8)15(16,17)18/h7-8H,4-6,19-20H2,1-3H3,(H,21,22). The fourth-order valence-electron chi connectivity index (χ4n) is 2.94. The second-order valence-electron chi connectivity index (χ2n) is 6.63. The Bertz CT molecular complexity index is 575. The van der Waals surface area contributed by atoms with Crippen molar-refractivity contribution in [3.8, 4) is 0 Å². The molecule has 0 spiro atoms. The molecule has 2 atom stereocenters. The Morgan fingerprint density at radius 1 is 1.43 bits per heavy atom. The van der Waals surface area contributed by atoms with Crippen LogP contribution in [-0.4, -0.2) is 24.0 Å². The molecule has 23 heavy (non-hydrogen) atoms. The van der Waals surface area contributed by atoms with E-state index in [0.29, 0.717) is 18.4 Å². The van der Waals surface area contributed by atoms with E-state index in [4.69, 9.17) is 16.2 Å². The van der Waals surface area contributed by atoms with Crippen molar-refractivity contribution in [1.82, 2.24) is 5.32 Å². The molecule has 0 radical (unpaired) electrons. The first-order chi connectivity index (χ1) is 10.3. The molecule has 0 aromatic rings. The number of ether oxygens (including phenoxy) is 1. The van der Waals surface area contributed by atoms with Crippen molar-refractivity contribution in [3.63, 3.8) is 0 Å². The van der Waals surface area contributed by atoms with Gasteiger partial charge in [-0.25, -0.2) is 0 Å². The maximum absolute atomic E-state index is 13.5. The quantitative estimate of drug-likeness (QED) is 0.675. The summed E-state index contributed by atoms with van der Waals surface area (Å²) in [4.78, 5) is 12.2. The second kappa shape index (κ2) is 5.52. The molecular weight excluding hydrogens is 311 g/mol. The molecule has 130 valence electrons. The van der Waals surface area contributed by atoms with Gasteiger partial charge >= 0.3 is 6.18 Å². The number of hydrogen-bond acceptors (Lipinski definition) is 4. The molecule has 2 rings (SSSR count). The van der Waals surface area contributed by atoms with Gasteiger partial charge in [0.1, 0.15) is 23.1 Å². The van der Waals surface area contributed by atoms with Crippen LogP contribution >= 0.6 is 0 Å². The highest BCUT2D eigenvalue weighted by Gasteiger charge is 2.57. The highest BCUT2D eigenvalue weighted by Crippen LogP contribution is 2.53. The normalized spacial score (nSPS) is 28.7. The zero-order valence-electron chi connectivity index (χ0n) is 13.4. The SMILES string of the molecule is CC1OC2=C(C=C1C(=O)NC(C)(N)N)CCCC2(C)C(F)(F)F. The maximum Gasteiger partial charge on any atom is 0.401 e. The number of hydrogen-bond donors (Lipinski definition) is 3. The summed E-state index contributed by atoms with van der Waals surface area (Å²) in [5.74, 6) is -2.04. The van der Waals surface area contributed by atoms with Crippen molar-refractivity contribution in [1.29, 1.82) is 0 Å². The summed E-state index contributed by atoms with van der Waals surface area (Å²) >= 11 is 0. The molecule has 0 aromatic heterocycles. The summed E-state index contributed by atoms with van der Waals surface area (Å²) in [5, 5.41) is 2.39. The van der Waals surface area contributed by atoms with E-state index in [1.807, 2.05) is 0 Å². The summed E-state index contributed by atoms with van der Waals surface area (Å²) in [5.41, 5.74) is 9.68. The van der Waals surface area contributed by atoms with Crippen LogP contribution in [0.25, 0.3) is 0 Å². The van der Waals surface area contributed by atoms with Gasteiger partial charge in [-0.1, -0.05) is 0 Å². The van der Waals surface area contributed by atoms with Crippen molar-refractivity contribution in [2.45, 2.75) is 58.1 Å². The molecule has 2 unspecified atom stereocenters. The minimum atomic E-state index is -4.41. The molecule has 2 aliphatic rings. The van der Waals surface area contributed by atoms with Gasteiger partial charge in [-0.15, -0.1) is 0 Å². The molecule has 0 saturated heterocycles. The van der Waals surface area contributed by atoms with Gasteiger partial charge in [0.05, 0.1) is 5.57 Å². The number of alkyl halides is 3. The van der Waals surface area contributed by atoms with Gasteiger partial charge < -0.3 is 10.1 Å². The smallest absolute Gasteiger partial charge is 0.401 e. The highest BCUT2D eigenvalue weighted by molar-refractivity contribution is 5.95. The number of amides is 1. The Morgan fingerprint density at radius 3 is 2.57 bits per heavy atom. The molecule has 0 bridgehead atoms. The molecule has 5 nitrogen and oxygen atoms in total. The fraction of sp³-hybridized carbons (Fsp3) is 0.667. The van der Waals surface area contributed by atoms with E-state index < -0.39 is 29.4 Å². The monoisotopic (exact) mass is 333 g/mol. The Balaban J connectivity index is 2.40. The van der Waals surface area contributed by atoms with Crippen molar-refractivity contribution in [2.24, 2.45) is 16.9 Å². The zero-order valence-corrected chi connectivity index (χ0v) is 13.4.